The summed E-state index contributed by atoms with van der Waals surface area (Å²) in [6.45, 7) is 0. The van der Waals surface area contributed by atoms with E-state index in [0.29, 0.717) is 0 Å². The van der Waals surface area contributed by atoms with E-state index in [1.165, 1.54) is 6.07 Å². The van der Waals surface area contributed by atoms with Crippen LogP contribution in [0.3, 0.4) is 0 Å². The molecule has 1 N–H and O–H groups in total. The Morgan fingerprint density at radius 3 is 2.00 bits per heavy atom. The van der Waals surface area contributed by atoms with E-state index in [2.05, 4.69) is 0 Å². The third-order valence-corrected chi connectivity index (χ3v) is 3.28. The van der Waals surface area contributed by atoms with Crippen LogP contribution < -0.4 is 0 Å². The summed E-state index contributed by atoms with van der Waals surface area (Å²) in [5, 5.41) is 25.8. The summed E-state index contributed by atoms with van der Waals surface area (Å²) >= 11 is -0.0439. The maximum absolute atomic E-state index is 12.9. The second-order valence-corrected chi connectivity index (χ2v) is 4.68. The first-order valence-corrected chi connectivity index (χ1v) is 5.81. The van der Waals surface area contributed by atoms with Gasteiger partial charge in [0.2, 0.25) is 0 Å². The van der Waals surface area contributed by atoms with Crippen LogP contribution in [0.25, 0.3) is 6.08 Å². The fourth-order valence-corrected chi connectivity index (χ4v) is 2.43. The van der Waals surface area contributed by atoms with Gasteiger partial charge in [-0.05, 0) is 6.08 Å². The largest absolute Gasteiger partial charge is 0.478 e. The maximum atomic E-state index is 12.9. The topological polar surface area (TPSA) is 84.9 Å². The van der Waals surface area contributed by atoms with Crippen molar-refractivity contribution >= 4 is 23.4 Å². The first-order valence-electron chi connectivity index (χ1n) is 4.99. The van der Waals surface area contributed by atoms with Gasteiger partial charge in [-0.25, -0.2) is 4.79 Å². The molecule has 0 fully saturated rings. The summed E-state index contributed by atoms with van der Waals surface area (Å²) in [6.07, 6.45) is -10.9. The number of thiophene rings is 1. The smallest absolute Gasteiger partial charge is 0.423 e. The van der Waals surface area contributed by atoms with Gasteiger partial charge in [-0.15, -0.1) is 11.3 Å². The number of nitrogens with zero attached hydrogens (tertiary/aromatic N) is 2. The molecule has 1 heterocycles. The highest BCUT2D eigenvalue weighted by atomic mass is 32.1. The quantitative estimate of drug-likeness (QED) is 0.659. The minimum Gasteiger partial charge on any atom is -0.478 e. The second-order valence-electron chi connectivity index (χ2n) is 3.63. The summed E-state index contributed by atoms with van der Waals surface area (Å²) in [5.41, 5.74) is -5.15. The molecule has 116 valence electrons. The molecule has 0 amide bonds. The van der Waals surface area contributed by atoms with Crippen LogP contribution in [0.15, 0.2) is 5.57 Å². The Balaban J connectivity index is 3.76. The number of hydrogen-bond acceptors (Lipinski definition) is 4. The van der Waals surface area contributed by atoms with Gasteiger partial charge in [-0.1, -0.05) is 0 Å². The van der Waals surface area contributed by atoms with E-state index >= 15 is 0 Å². The SMILES string of the molecule is N#Cc1sc(/C=C(/C(=O)O)C(F)(F)F)c(C(F)(F)F)c1C#N. The minimum atomic E-state index is -5.40. The molecule has 0 bridgehead atoms. The number of carboxylic acid groups (broad SMARTS) is 1. The summed E-state index contributed by atoms with van der Waals surface area (Å²) in [4.78, 5) is 8.62. The molecule has 4 nitrogen and oxygen atoms in total. The van der Waals surface area contributed by atoms with Crippen LogP contribution in [0.4, 0.5) is 26.3 Å². The molecule has 0 aliphatic carbocycles. The Kier molecular flexibility index (Phi) is 4.53. The normalized spacial score (nSPS) is 12.6. The third-order valence-electron chi connectivity index (χ3n) is 2.24. The Morgan fingerprint density at radius 2 is 1.68 bits per heavy atom. The zero-order valence-corrected chi connectivity index (χ0v) is 10.8. The van der Waals surface area contributed by atoms with E-state index in [1.54, 1.807) is 0 Å². The lowest BCUT2D eigenvalue weighted by molar-refractivity contribution is -0.144. The molecule has 1 aromatic rings. The molecule has 1 rings (SSSR count). The van der Waals surface area contributed by atoms with Crippen molar-refractivity contribution < 1.29 is 36.2 Å². The zero-order chi connectivity index (χ0) is 17.3. The first-order chi connectivity index (χ1) is 9.93. The third kappa shape index (κ3) is 3.38. The predicted molar refractivity (Wildman–Crippen MR) is 60.4 cm³/mol. The van der Waals surface area contributed by atoms with Gasteiger partial charge in [-0.3, -0.25) is 0 Å². The van der Waals surface area contributed by atoms with Crippen LogP contribution in [-0.2, 0) is 11.0 Å². The lowest BCUT2D eigenvalue weighted by Gasteiger charge is -2.09. The number of carbonyl (C=O) groups is 1. The van der Waals surface area contributed by atoms with Gasteiger partial charge in [-0.2, -0.15) is 36.9 Å². The molecular formula is C11H2F6N2O2S. The molecule has 0 atom stereocenters. The maximum Gasteiger partial charge on any atom is 0.423 e. The molecule has 0 aromatic carbocycles. The summed E-state index contributed by atoms with van der Waals surface area (Å²) in [6, 6.07) is 2.35. The summed E-state index contributed by atoms with van der Waals surface area (Å²) in [5.74, 6) is -2.48. The zero-order valence-electron chi connectivity index (χ0n) is 10.0. The van der Waals surface area contributed by atoms with Gasteiger partial charge in [0, 0.05) is 4.88 Å². The molecular weight excluding hydrogens is 338 g/mol. The average Bonchev–Trinajstić information content (AvgIpc) is 2.71. The number of aliphatic carboxylic acids is 1. The highest BCUT2D eigenvalue weighted by Gasteiger charge is 2.43. The van der Waals surface area contributed by atoms with Crippen molar-refractivity contribution in [2.45, 2.75) is 12.4 Å². The number of hydrogen-bond donors (Lipinski definition) is 1. The Bertz CT molecular complexity index is 730. The highest BCUT2D eigenvalue weighted by molar-refractivity contribution is 7.13. The van der Waals surface area contributed by atoms with Crippen molar-refractivity contribution in [3.8, 4) is 12.1 Å². The molecule has 0 saturated heterocycles. The lowest BCUT2D eigenvalue weighted by Crippen LogP contribution is -2.19. The molecule has 0 unspecified atom stereocenters. The fourth-order valence-electron chi connectivity index (χ4n) is 1.41. The van der Waals surface area contributed by atoms with Gasteiger partial charge in [0.05, 0.1) is 11.1 Å². The van der Waals surface area contributed by atoms with Crippen molar-refractivity contribution in [1.82, 2.24) is 0 Å². The Morgan fingerprint density at radius 1 is 1.14 bits per heavy atom. The second kappa shape index (κ2) is 5.69. The number of nitriles is 2. The van der Waals surface area contributed by atoms with Crippen LogP contribution >= 0.6 is 11.3 Å². The van der Waals surface area contributed by atoms with Crippen LogP contribution in [0, 0.1) is 22.7 Å². The van der Waals surface area contributed by atoms with Gasteiger partial charge in [0.25, 0.3) is 0 Å². The Labute approximate surface area is 122 Å². The van der Waals surface area contributed by atoms with Crippen LogP contribution in [0.1, 0.15) is 20.9 Å². The number of alkyl halides is 6. The van der Waals surface area contributed by atoms with E-state index < -0.39 is 44.8 Å². The fraction of sp³-hybridized carbons (Fsp3) is 0.182. The van der Waals surface area contributed by atoms with E-state index in [1.807, 2.05) is 0 Å². The molecule has 22 heavy (non-hydrogen) atoms. The molecule has 0 aliphatic heterocycles. The highest BCUT2D eigenvalue weighted by Crippen LogP contribution is 2.42. The number of rotatable bonds is 2. The Hall–Kier alpha value is -2.53. The van der Waals surface area contributed by atoms with Crippen LogP contribution in [0.2, 0.25) is 0 Å². The van der Waals surface area contributed by atoms with Gasteiger partial charge in [0.15, 0.2) is 0 Å². The first kappa shape index (κ1) is 17.5. The van der Waals surface area contributed by atoms with E-state index in [0.717, 1.165) is 6.07 Å². The molecule has 0 radical (unpaired) electrons. The van der Waals surface area contributed by atoms with Crippen molar-refractivity contribution in [1.29, 1.82) is 10.5 Å². The van der Waals surface area contributed by atoms with Gasteiger partial charge >= 0.3 is 18.3 Å². The number of halogens is 6. The van der Waals surface area contributed by atoms with E-state index in [-0.39, 0.29) is 17.4 Å². The molecule has 0 spiro atoms. The molecule has 0 aliphatic rings. The number of carboxylic acids is 1. The predicted octanol–water partition coefficient (Wildman–Crippen LogP) is 3.54. The standard InChI is InChI=1S/C11H2F6N2O2S/c12-10(13,14)5(9(20)21)1-6-8(11(15,16)17)4(2-18)7(3-19)22-6/h1H,(H,20,21)/b5-1-. The summed E-state index contributed by atoms with van der Waals surface area (Å²) in [7, 11) is 0. The molecule has 11 heteroatoms. The van der Waals surface area contributed by atoms with Crippen molar-refractivity contribution in [2.75, 3.05) is 0 Å². The van der Waals surface area contributed by atoms with Gasteiger partial charge < -0.3 is 5.11 Å². The van der Waals surface area contributed by atoms with Crippen LogP contribution in [0.5, 0.6) is 0 Å². The summed E-state index contributed by atoms with van der Waals surface area (Å²) < 4.78 is 76.1. The van der Waals surface area contributed by atoms with Gasteiger partial charge in [0.1, 0.15) is 22.6 Å². The minimum absolute atomic E-state index is 0.0439. The van der Waals surface area contributed by atoms with Crippen molar-refractivity contribution in [3.63, 3.8) is 0 Å². The lowest BCUT2D eigenvalue weighted by atomic mass is 10.1. The van der Waals surface area contributed by atoms with Crippen molar-refractivity contribution in [3.05, 3.63) is 26.5 Å². The molecule has 0 saturated carbocycles. The van der Waals surface area contributed by atoms with E-state index in [4.69, 9.17) is 15.6 Å². The van der Waals surface area contributed by atoms with Crippen molar-refractivity contribution in [2.24, 2.45) is 0 Å². The average molecular weight is 340 g/mol. The van der Waals surface area contributed by atoms with E-state index in [9.17, 15) is 31.1 Å². The van der Waals surface area contributed by atoms with Crippen LogP contribution in [-0.4, -0.2) is 17.3 Å². The molecule has 1 aromatic heterocycles. The monoisotopic (exact) mass is 340 g/mol.